The number of carbonyl (C=O) groups is 1. The Kier molecular flexibility index (Phi) is 5.46. The zero-order valence-electron chi connectivity index (χ0n) is 13.8. The molecular weight excluding hydrogens is 368 g/mol. The molecule has 1 aromatic carbocycles. The largest absolute Gasteiger partial charge is 0.382 e. The Morgan fingerprint density at radius 3 is 2.81 bits per heavy atom. The van der Waals surface area contributed by atoms with Crippen LogP contribution in [0.5, 0.6) is 0 Å². The molecule has 0 spiro atoms. The van der Waals surface area contributed by atoms with Crippen molar-refractivity contribution in [3.8, 4) is 17.3 Å². The number of aromatic nitrogens is 3. The number of nitrogens with one attached hydrogen (secondary N) is 1. The van der Waals surface area contributed by atoms with E-state index in [2.05, 4.69) is 20.3 Å². The number of hydrogen-bond donors (Lipinski definition) is 2. The van der Waals surface area contributed by atoms with Gasteiger partial charge in [-0.25, -0.2) is 15.0 Å². The predicted octanol–water partition coefficient (Wildman–Crippen LogP) is 3.09. The molecule has 0 saturated carbocycles. The molecule has 3 aromatic rings. The van der Waals surface area contributed by atoms with Crippen molar-refractivity contribution in [3.05, 3.63) is 47.0 Å². The standard InChI is InChI=1S/C17H14N6OS2/c1-10-2-4-11(5-3-10)13-8-25-17(21-13)22-14(24)9-26-16-20-7-12(6-18)15(19)23-16/h2-5,7-8H,9H2,1H3,(H2,19,20,23)(H,21,22,24). The Hall–Kier alpha value is -2.96. The van der Waals surface area contributed by atoms with Crippen LogP contribution in [-0.2, 0) is 4.79 Å². The van der Waals surface area contributed by atoms with Gasteiger partial charge in [0.2, 0.25) is 5.91 Å². The SMILES string of the molecule is Cc1ccc(-c2csc(NC(=O)CSc3ncc(C#N)c(N)n3)n2)cc1. The summed E-state index contributed by atoms with van der Waals surface area (Å²) in [6.45, 7) is 2.03. The first-order chi connectivity index (χ1) is 12.5. The van der Waals surface area contributed by atoms with E-state index in [-0.39, 0.29) is 23.0 Å². The third kappa shape index (κ3) is 4.36. The summed E-state index contributed by atoms with van der Waals surface area (Å²) in [7, 11) is 0. The van der Waals surface area contributed by atoms with Crippen molar-refractivity contribution in [3.63, 3.8) is 0 Å². The summed E-state index contributed by atoms with van der Waals surface area (Å²) in [5, 5.41) is 14.3. The van der Waals surface area contributed by atoms with Crippen molar-refractivity contribution >= 4 is 40.0 Å². The van der Waals surface area contributed by atoms with Crippen LogP contribution < -0.4 is 11.1 Å². The maximum absolute atomic E-state index is 12.1. The Labute approximate surface area is 158 Å². The molecule has 9 heteroatoms. The minimum Gasteiger partial charge on any atom is -0.382 e. The molecule has 3 rings (SSSR count). The maximum atomic E-state index is 12.1. The molecule has 130 valence electrons. The molecule has 2 aromatic heterocycles. The van der Waals surface area contributed by atoms with E-state index in [9.17, 15) is 4.79 Å². The van der Waals surface area contributed by atoms with Crippen LogP contribution in [0.2, 0.25) is 0 Å². The zero-order valence-corrected chi connectivity index (χ0v) is 15.4. The molecule has 0 fully saturated rings. The molecular formula is C17H14N6OS2. The third-order valence-electron chi connectivity index (χ3n) is 3.35. The van der Waals surface area contributed by atoms with Crippen LogP contribution in [0.3, 0.4) is 0 Å². The summed E-state index contributed by atoms with van der Waals surface area (Å²) in [5.41, 5.74) is 8.85. The van der Waals surface area contributed by atoms with Gasteiger partial charge in [-0.2, -0.15) is 5.26 Å². The average molecular weight is 382 g/mol. The van der Waals surface area contributed by atoms with Gasteiger partial charge in [0, 0.05) is 10.9 Å². The van der Waals surface area contributed by atoms with E-state index in [4.69, 9.17) is 11.0 Å². The number of aryl methyl sites for hydroxylation is 1. The van der Waals surface area contributed by atoms with Crippen molar-refractivity contribution in [2.45, 2.75) is 12.1 Å². The molecule has 0 aliphatic rings. The second kappa shape index (κ2) is 7.95. The molecule has 0 atom stereocenters. The number of nitrogens with two attached hydrogens (primary N) is 1. The van der Waals surface area contributed by atoms with Gasteiger partial charge >= 0.3 is 0 Å². The highest BCUT2D eigenvalue weighted by molar-refractivity contribution is 7.99. The molecule has 0 radical (unpaired) electrons. The number of benzene rings is 1. The molecule has 0 aliphatic carbocycles. The Bertz CT molecular complexity index is 978. The molecule has 3 N–H and O–H groups in total. The van der Waals surface area contributed by atoms with Crippen molar-refractivity contribution < 1.29 is 4.79 Å². The van der Waals surface area contributed by atoms with Gasteiger partial charge in [-0.3, -0.25) is 4.79 Å². The number of amides is 1. The highest BCUT2D eigenvalue weighted by Gasteiger charge is 2.10. The molecule has 0 unspecified atom stereocenters. The minimum absolute atomic E-state index is 0.105. The Balaban J connectivity index is 1.58. The normalized spacial score (nSPS) is 10.3. The molecule has 1 amide bonds. The molecule has 0 saturated heterocycles. The van der Waals surface area contributed by atoms with Crippen molar-refractivity contribution in [1.82, 2.24) is 15.0 Å². The van der Waals surface area contributed by atoms with Gasteiger partial charge < -0.3 is 11.1 Å². The third-order valence-corrected chi connectivity index (χ3v) is 4.97. The number of thiazole rings is 1. The van der Waals surface area contributed by atoms with E-state index in [0.717, 1.165) is 23.0 Å². The summed E-state index contributed by atoms with van der Waals surface area (Å²) in [6, 6.07) is 9.93. The number of anilines is 2. The first-order valence-electron chi connectivity index (χ1n) is 7.53. The Morgan fingerprint density at radius 2 is 2.12 bits per heavy atom. The molecule has 0 aliphatic heterocycles. The fourth-order valence-corrected chi connectivity index (χ4v) is 3.37. The number of hydrogen-bond acceptors (Lipinski definition) is 8. The molecule has 0 bridgehead atoms. The van der Waals surface area contributed by atoms with Gasteiger partial charge in [-0.05, 0) is 6.92 Å². The van der Waals surface area contributed by atoms with Crippen molar-refractivity contribution in [1.29, 1.82) is 5.26 Å². The van der Waals surface area contributed by atoms with Crippen LogP contribution in [-0.4, -0.2) is 26.6 Å². The second-order valence-corrected chi connectivity index (χ2v) is 7.10. The van der Waals surface area contributed by atoms with E-state index < -0.39 is 0 Å². The van der Waals surface area contributed by atoms with E-state index in [1.807, 2.05) is 42.6 Å². The van der Waals surface area contributed by atoms with Crippen molar-refractivity contribution in [2.24, 2.45) is 0 Å². The molecule has 26 heavy (non-hydrogen) atoms. The minimum atomic E-state index is -0.216. The smallest absolute Gasteiger partial charge is 0.236 e. The topological polar surface area (TPSA) is 118 Å². The quantitative estimate of drug-likeness (QED) is 0.514. The number of nitrogen functional groups attached to an aromatic ring is 1. The fourth-order valence-electron chi connectivity index (χ4n) is 2.01. The summed E-state index contributed by atoms with van der Waals surface area (Å²) in [6.07, 6.45) is 1.34. The number of thioether (sulfide) groups is 1. The number of nitrogens with zero attached hydrogens (tertiary/aromatic N) is 4. The first kappa shape index (κ1) is 17.8. The molecule has 2 heterocycles. The van der Waals surface area contributed by atoms with Gasteiger partial charge in [0.25, 0.3) is 0 Å². The average Bonchev–Trinajstić information content (AvgIpc) is 3.09. The van der Waals surface area contributed by atoms with E-state index in [1.54, 1.807) is 0 Å². The maximum Gasteiger partial charge on any atom is 0.236 e. The molecule has 7 nitrogen and oxygen atoms in total. The lowest BCUT2D eigenvalue weighted by atomic mass is 10.1. The van der Waals surface area contributed by atoms with Crippen LogP contribution >= 0.6 is 23.1 Å². The van der Waals surface area contributed by atoms with Gasteiger partial charge in [-0.1, -0.05) is 41.6 Å². The number of nitriles is 1. The van der Waals surface area contributed by atoms with E-state index in [0.29, 0.717) is 10.3 Å². The van der Waals surface area contributed by atoms with E-state index >= 15 is 0 Å². The lowest BCUT2D eigenvalue weighted by Gasteiger charge is -2.02. The number of carbonyl (C=O) groups excluding carboxylic acids is 1. The number of rotatable bonds is 5. The van der Waals surface area contributed by atoms with Crippen LogP contribution in [0.15, 0.2) is 41.0 Å². The monoisotopic (exact) mass is 382 g/mol. The Morgan fingerprint density at radius 1 is 1.35 bits per heavy atom. The van der Waals surface area contributed by atoms with Gasteiger partial charge in [0.1, 0.15) is 17.5 Å². The summed E-state index contributed by atoms with van der Waals surface area (Å²) in [4.78, 5) is 24.5. The van der Waals surface area contributed by atoms with E-state index in [1.165, 1.54) is 23.1 Å². The van der Waals surface area contributed by atoms with Gasteiger partial charge in [0.05, 0.1) is 17.6 Å². The lowest BCUT2D eigenvalue weighted by molar-refractivity contribution is -0.113. The van der Waals surface area contributed by atoms with Crippen LogP contribution in [0, 0.1) is 18.3 Å². The predicted molar refractivity (Wildman–Crippen MR) is 103 cm³/mol. The van der Waals surface area contributed by atoms with Gasteiger partial charge in [0.15, 0.2) is 10.3 Å². The summed E-state index contributed by atoms with van der Waals surface area (Å²) in [5.74, 6) is 0.00420. The van der Waals surface area contributed by atoms with Gasteiger partial charge in [-0.15, -0.1) is 11.3 Å². The summed E-state index contributed by atoms with van der Waals surface area (Å²) < 4.78 is 0. The zero-order chi connectivity index (χ0) is 18.5. The second-order valence-electron chi connectivity index (χ2n) is 5.30. The van der Waals surface area contributed by atoms with Crippen LogP contribution in [0.4, 0.5) is 10.9 Å². The fraction of sp³-hybridized carbons (Fsp3) is 0.118. The highest BCUT2D eigenvalue weighted by Crippen LogP contribution is 2.25. The lowest BCUT2D eigenvalue weighted by Crippen LogP contribution is -2.14. The highest BCUT2D eigenvalue weighted by atomic mass is 32.2. The van der Waals surface area contributed by atoms with Crippen LogP contribution in [0.25, 0.3) is 11.3 Å². The van der Waals surface area contributed by atoms with Crippen molar-refractivity contribution in [2.75, 3.05) is 16.8 Å². The van der Waals surface area contributed by atoms with Crippen LogP contribution in [0.1, 0.15) is 11.1 Å². The summed E-state index contributed by atoms with van der Waals surface area (Å²) >= 11 is 2.51. The first-order valence-corrected chi connectivity index (χ1v) is 9.39.